The Hall–Kier alpha value is -1.34. The van der Waals surface area contributed by atoms with Crippen LogP contribution in [0, 0.1) is 11.8 Å². The molecule has 1 aliphatic rings. The Bertz CT molecular complexity index is 584. The fraction of sp³-hybridized carbons (Fsp3) is 0.444. The number of aliphatic hydroxyl groups is 1. The molecular weight excluding hydrogens is 232 g/mol. The molecule has 1 aliphatic carbocycles. The van der Waals surface area contributed by atoms with Gasteiger partial charge in [0, 0.05) is 0 Å². The second-order valence-electron chi connectivity index (χ2n) is 6.24. The fourth-order valence-corrected chi connectivity index (χ4v) is 3.59. The summed E-state index contributed by atoms with van der Waals surface area (Å²) in [6, 6.07) is 14.7. The number of hydrogen-bond donors (Lipinski definition) is 1. The van der Waals surface area contributed by atoms with Crippen LogP contribution in [0.2, 0.25) is 0 Å². The molecule has 2 aromatic rings. The maximum atomic E-state index is 11.3. The zero-order valence-electron chi connectivity index (χ0n) is 11.8. The van der Waals surface area contributed by atoms with Crippen molar-refractivity contribution in [2.75, 3.05) is 0 Å². The highest BCUT2D eigenvalue weighted by atomic mass is 16.3. The average Bonchev–Trinajstić information content (AvgIpc) is 2.42. The largest absolute Gasteiger partial charge is 0.385 e. The van der Waals surface area contributed by atoms with Crippen LogP contribution in [0.1, 0.15) is 38.7 Å². The van der Waals surface area contributed by atoms with Crippen LogP contribution in [-0.4, -0.2) is 5.11 Å². The van der Waals surface area contributed by atoms with Crippen molar-refractivity contribution >= 4 is 10.8 Å². The first kappa shape index (κ1) is 12.7. The summed E-state index contributed by atoms with van der Waals surface area (Å²) in [5.41, 5.74) is 0.447. The molecule has 3 unspecified atom stereocenters. The van der Waals surface area contributed by atoms with Crippen LogP contribution >= 0.6 is 0 Å². The van der Waals surface area contributed by atoms with E-state index in [9.17, 15) is 5.11 Å². The Labute approximate surface area is 115 Å². The molecule has 3 atom stereocenters. The maximum Gasteiger partial charge on any atom is 0.0930 e. The minimum Gasteiger partial charge on any atom is -0.385 e. The molecule has 0 amide bonds. The third-order valence-corrected chi connectivity index (χ3v) is 4.82. The van der Waals surface area contributed by atoms with Crippen molar-refractivity contribution in [3.63, 3.8) is 0 Å². The van der Waals surface area contributed by atoms with Crippen molar-refractivity contribution in [2.24, 2.45) is 11.8 Å². The molecule has 1 nitrogen and oxygen atoms in total. The lowest BCUT2D eigenvalue weighted by molar-refractivity contribution is -0.0615. The highest BCUT2D eigenvalue weighted by Gasteiger charge is 2.40. The fourth-order valence-electron chi connectivity index (χ4n) is 3.59. The first-order valence-corrected chi connectivity index (χ1v) is 7.32. The van der Waals surface area contributed by atoms with E-state index >= 15 is 0 Å². The lowest BCUT2D eigenvalue weighted by Gasteiger charge is -2.42. The molecule has 0 heterocycles. The van der Waals surface area contributed by atoms with Gasteiger partial charge in [-0.1, -0.05) is 62.7 Å². The Morgan fingerprint density at radius 3 is 2.58 bits per heavy atom. The summed E-state index contributed by atoms with van der Waals surface area (Å²) in [5, 5.41) is 13.7. The zero-order chi connectivity index (χ0) is 13.5. The highest BCUT2D eigenvalue weighted by Crippen LogP contribution is 2.45. The van der Waals surface area contributed by atoms with E-state index in [2.05, 4.69) is 56.3 Å². The van der Waals surface area contributed by atoms with Crippen LogP contribution in [0.15, 0.2) is 42.5 Å². The third-order valence-electron chi connectivity index (χ3n) is 4.82. The number of fused-ring (bicyclic) bond motifs is 1. The van der Waals surface area contributed by atoms with Crippen LogP contribution in [-0.2, 0) is 5.60 Å². The van der Waals surface area contributed by atoms with Crippen LogP contribution in [0.3, 0.4) is 0 Å². The highest BCUT2D eigenvalue weighted by molar-refractivity contribution is 5.86. The molecule has 2 aromatic carbocycles. The van der Waals surface area contributed by atoms with Crippen molar-refractivity contribution in [1.29, 1.82) is 0 Å². The van der Waals surface area contributed by atoms with Gasteiger partial charge in [-0.25, -0.2) is 0 Å². The van der Waals surface area contributed by atoms with Crippen LogP contribution < -0.4 is 0 Å². The summed E-state index contributed by atoms with van der Waals surface area (Å²) in [7, 11) is 0. The molecule has 1 heteroatoms. The molecule has 0 aromatic heterocycles. The summed E-state index contributed by atoms with van der Waals surface area (Å²) in [5.74, 6) is 0.926. The lowest BCUT2D eigenvalue weighted by Crippen LogP contribution is -2.39. The second kappa shape index (κ2) is 4.64. The first-order chi connectivity index (χ1) is 9.11. The normalized spacial score (nSPS) is 31.5. The van der Waals surface area contributed by atoms with Gasteiger partial charge in [0.2, 0.25) is 0 Å². The van der Waals surface area contributed by atoms with Gasteiger partial charge >= 0.3 is 0 Å². The molecule has 0 radical (unpaired) electrons. The van der Waals surface area contributed by atoms with Gasteiger partial charge in [-0.3, -0.25) is 0 Å². The van der Waals surface area contributed by atoms with E-state index in [1.165, 1.54) is 17.2 Å². The van der Waals surface area contributed by atoms with Gasteiger partial charge in [0.05, 0.1) is 5.60 Å². The smallest absolute Gasteiger partial charge is 0.0930 e. The van der Waals surface area contributed by atoms with Crippen LogP contribution in [0.5, 0.6) is 0 Å². The summed E-state index contributed by atoms with van der Waals surface area (Å²) in [6.45, 7) is 4.44. The van der Waals surface area contributed by atoms with Crippen molar-refractivity contribution in [1.82, 2.24) is 0 Å². The minimum absolute atomic E-state index is 0.328. The molecule has 3 rings (SSSR count). The van der Waals surface area contributed by atoms with E-state index in [0.717, 1.165) is 18.4 Å². The monoisotopic (exact) mass is 254 g/mol. The number of benzene rings is 2. The molecule has 0 saturated heterocycles. The van der Waals surface area contributed by atoms with Crippen LogP contribution in [0.4, 0.5) is 0 Å². The third kappa shape index (κ3) is 2.06. The van der Waals surface area contributed by atoms with Crippen molar-refractivity contribution < 1.29 is 5.11 Å². The quantitative estimate of drug-likeness (QED) is 0.795. The number of hydrogen-bond acceptors (Lipinski definition) is 1. The van der Waals surface area contributed by atoms with E-state index < -0.39 is 5.60 Å². The topological polar surface area (TPSA) is 20.2 Å². The van der Waals surface area contributed by atoms with Gasteiger partial charge in [0.15, 0.2) is 0 Å². The Morgan fingerprint density at radius 1 is 1.00 bits per heavy atom. The van der Waals surface area contributed by atoms with E-state index in [-0.39, 0.29) is 0 Å². The predicted molar refractivity (Wildman–Crippen MR) is 80.0 cm³/mol. The van der Waals surface area contributed by atoms with Gasteiger partial charge in [-0.2, -0.15) is 0 Å². The Balaban J connectivity index is 2.17. The standard InChI is InChI=1S/C18H22O/c1-13-10-11-14(2)18(19,12-13)17-9-5-7-15-6-3-4-8-16(15)17/h3-9,13-14,19H,10-12H2,1-2H3. The summed E-state index contributed by atoms with van der Waals surface area (Å²) >= 11 is 0. The minimum atomic E-state index is -0.668. The molecule has 0 spiro atoms. The summed E-state index contributed by atoms with van der Waals surface area (Å²) < 4.78 is 0. The molecule has 100 valence electrons. The molecule has 1 saturated carbocycles. The Kier molecular flexibility index (Phi) is 3.10. The summed E-state index contributed by atoms with van der Waals surface area (Å²) in [6.07, 6.45) is 3.22. The predicted octanol–water partition coefficient (Wildman–Crippen LogP) is 4.48. The summed E-state index contributed by atoms with van der Waals surface area (Å²) in [4.78, 5) is 0. The van der Waals surface area contributed by atoms with Crippen molar-refractivity contribution in [2.45, 2.75) is 38.7 Å². The van der Waals surface area contributed by atoms with E-state index in [1.54, 1.807) is 0 Å². The second-order valence-corrected chi connectivity index (χ2v) is 6.24. The van der Waals surface area contributed by atoms with Gasteiger partial charge in [-0.05, 0) is 41.0 Å². The molecule has 1 fully saturated rings. The molecule has 19 heavy (non-hydrogen) atoms. The van der Waals surface area contributed by atoms with E-state index in [0.29, 0.717) is 11.8 Å². The molecule has 0 aliphatic heterocycles. The Morgan fingerprint density at radius 2 is 1.74 bits per heavy atom. The maximum absolute atomic E-state index is 11.3. The van der Waals surface area contributed by atoms with Crippen molar-refractivity contribution in [3.05, 3.63) is 48.0 Å². The van der Waals surface area contributed by atoms with Gasteiger partial charge in [-0.15, -0.1) is 0 Å². The number of rotatable bonds is 1. The van der Waals surface area contributed by atoms with Gasteiger partial charge in [0.25, 0.3) is 0 Å². The molecule has 1 N–H and O–H groups in total. The van der Waals surface area contributed by atoms with E-state index in [1.807, 2.05) is 0 Å². The first-order valence-electron chi connectivity index (χ1n) is 7.32. The van der Waals surface area contributed by atoms with Crippen LogP contribution in [0.25, 0.3) is 10.8 Å². The van der Waals surface area contributed by atoms with E-state index in [4.69, 9.17) is 0 Å². The van der Waals surface area contributed by atoms with Gasteiger partial charge < -0.3 is 5.11 Å². The van der Waals surface area contributed by atoms with Crippen molar-refractivity contribution in [3.8, 4) is 0 Å². The van der Waals surface area contributed by atoms with Gasteiger partial charge in [0.1, 0.15) is 0 Å². The SMILES string of the molecule is CC1CCC(C)C(O)(c2cccc3ccccc23)C1. The zero-order valence-corrected chi connectivity index (χ0v) is 11.8. The lowest BCUT2D eigenvalue weighted by atomic mass is 9.68. The molecule has 0 bridgehead atoms. The average molecular weight is 254 g/mol. The molecular formula is C18H22O.